The highest BCUT2D eigenvalue weighted by atomic mass is 32.2. The minimum Gasteiger partial charge on any atom is -0.398 e. The number of amides is 1. The van der Waals surface area contributed by atoms with E-state index in [4.69, 9.17) is 5.73 Å². The van der Waals surface area contributed by atoms with E-state index >= 15 is 0 Å². The molecular formula is C15H24N2O2S. The summed E-state index contributed by atoms with van der Waals surface area (Å²) in [6, 6.07) is 5.38. The van der Waals surface area contributed by atoms with Gasteiger partial charge in [0.1, 0.15) is 5.25 Å². The van der Waals surface area contributed by atoms with Crippen LogP contribution in [0.2, 0.25) is 0 Å². The van der Waals surface area contributed by atoms with Crippen molar-refractivity contribution in [3.8, 4) is 0 Å². The number of benzene rings is 1. The molecule has 1 aromatic carbocycles. The first-order valence-electron chi connectivity index (χ1n) is 7.01. The number of carbonyl (C=O) groups excluding carboxylic acids is 1. The fourth-order valence-electron chi connectivity index (χ4n) is 1.83. The third-order valence-electron chi connectivity index (χ3n) is 3.16. The summed E-state index contributed by atoms with van der Waals surface area (Å²) >= 11 is 0. The second kappa shape index (κ2) is 8.04. The Morgan fingerprint density at radius 2 is 2.10 bits per heavy atom. The summed E-state index contributed by atoms with van der Waals surface area (Å²) in [6.07, 6.45) is 3.15. The molecule has 112 valence electrons. The number of rotatable bonds is 7. The second-order valence-electron chi connectivity index (χ2n) is 4.98. The molecule has 2 atom stereocenters. The number of nitrogen functional groups attached to an aromatic ring is 1. The maximum absolute atomic E-state index is 12.4. The molecule has 0 spiro atoms. The molecule has 0 heterocycles. The summed E-state index contributed by atoms with van der Waals surface area (Å²) in [5.41, 5.74) is 7.30. The molecule has 0 aliphatic rings. The van der Waals surface area contributed by atoms with Crippen LogP contribution in [0.4, 0.5) is 5.69 Å². The van der Waals surface area contributed by atoms with Gasteiger partial charge in [-0.05, 0) is 38.0 Å². The van der Waals surface area contributed by atoms with Gasteiger partial charge in [-0.25, -0.2) is 0 Å². The zero-order chi connectivity index (χ0) is 15.1. The summed E-state index contributed by atoms with van der Waals surface area (Å²) in [6.45, 7) is 6.33. The molecule has 0 aliphatic heterocycles. The minimum atomic E-state index is -1.42. The Labute approximate surface area is 123 Å². The molecular weight excluding hydrogens is 272 g/mol. The Hall–Kier alpha value is -1.36. The summed E-state index contributed by atoms with van der Waals surface area (Å²) < 4.78 is 12.4. The number of nitrogens with one attached hydrogen (secondary N) is 1. The number of unbranched alkanes of at least 4 members (excludes halogenated alkanes) is 2. The van der Waals surface area contributed by atoms with Gasteiger partial charge in [0, 0.05) is 12.2 Å². The van der Waals surface area contributed by atoms with Gasteiger partial charge in [-0.15, -0.1) is 0 Å². The van der Waals surface area contributed by atoms with Gasteiger partial charge in [0.25, 0.3) is 0 Å². The Kier molecular flexibility index (Phi) is 6.71. The zero-order valence-corrected chi connectivity index (χ0v) is 13.3. The standard InChI is InChI=1S/C15H24N2O2S/c1-4-5-6-9-17-15(18)12(3)20(19)14-10-11(2)7-8-13(14)16/h7-8,10,12H,4-6,9,16H2,1-3H3,(H,17,18). The lowest BCUT2D eigenvalue weighted by Crippen LogP contribution is -2.36. The number of carbonyl (C=O) groups is 1. The van der Waals surface area contributed by atoms with Crippen molar-refractivity contribution in [1.82, 2.24) is 5.32 Å². The van der Waals surface area contributed by atoms with Crippen molar-refractivity contribution in [2.24, 2.45) is 0 Å². The van der Waals surface area contributed by atoms with Crippen molar-refractivity contribution in [2.75, 3.05) is 12.3 Å². The molecule has 2 unspecified atom stereocenters. The van der Waals surface area contributed by atoms with Gasteiger partial charge in [0.15, 0.2) is 0 Å². The molecule has 1 aromatic rings. The van der Waals surface area contributed by atoms with Crippen molar-refractivity contribution in [3.63, 3.8) is 0 Å². The third-order valence-corrected chi connectivity index (χ3v) is 4.80. The molecule has 5 heteroatoms. The molecule has 0 saturated heterocycles. The summed E-state index contributed by atoms with van der Waals surface area (Å²) in [7, 11) is -1.42. The normalized spacial score (nSPS) is 13.8. The second-order valence-corrected chi connectivity index (χ2v) is 6.72. The van der Waals surface area contributed by atoms with Gasteiger partial charge < -0.3 is 11.1 Å². The topological polar surface area (TPSA) is 72.2 Å². The zero-order valence-electron chi connectivity index (χ0n) is 12.4. The van der Waals surface area contributed by atoms with Gasteiger partial charge in [0.05, 0.1) is 15.7 Å². The van der Waals surface area contributed by atoms with Crippen LogP contribution >= 0.6 is 0 Å². The summed E-state index contributed by atoms with van der Waals surface area (Å²) in [5.74, 6) is -0.180. The monoisotopic (exact) mass is 296 g/mol. The average molecular weight is 296 g/mol. The van der Waals surface area contributed by atoms with E-state index in [1.165, 1.54) is 0 Å². The predicted octanol–water partition coefficient (Wildman–Crippen LogP) is 2.38. The van der Waals surface area contributed by atoms with Crippen LogP contribution in [0.15, 0.2) is 23.1 Å². The van der Waals surface area contributed by atoms with Crippen LogP contribution in [0.3, 0.4) is 0 Å². The van der Waals surface area contributed by atoms with E-state index in [1.54, 1.807) is 19.1 Å². The van der Waals surface area contributed by atoms with Gasteiger partial charge in [-0.3, -0.25) is 9.00 Å². The van der Waals surface area contributed by atoms with E-state index in [1.807, 2.05) is 13.0 Å². The molecule has 1 rings (SSSR count). The van der Waals surface area contributed by atoms with Crippen LogP contribution in [0, 0.1) is 6.92 Å². The van der Waals surface area contributed by atoms with E-state index in [2.05, 4.69) is 12.2 Å². The van der Waals surface area contributed by atoms with Crippen LogP contribution in [-0.2, 0) is 15.6 Å². The molecule has 1 amide bonds. The van der Waals surface area contributed by atoms with Crippen molar-refractivity contribution in [2.45, 2.75) is 50.2 Å². The molecule has 0 radical (unpaired) electrons. The molecule has 0 aromatic heterocycles. The summed E-state index contributed by atoms with van der Waals surface area (Å²) in [4.78, 5) is 12.5. The largest absolute Gasteiger partial charge is 0.398 e. The first-order valence-corrected chi connectivity index (χ1v) is 8.23. The van der Waals surface area contributed by atoms with Crippen LogP contribution in [-0.4, -0.2) is 21.9 Å². The van der Waals surface area contributed by atoms with Crippen LogP contribution in [0.25, 0.3) is 0 Å². The molecule has 0 saturated carbocycles. The SMILES string of the molecule is CCCCCNC(=O)C(C)S(=O)c1cc(C)ccc1N. The maximum Gasteiger partial charge on any atom is 0.235 e. The predicted molar refractivity (Wildman–Crippen MR) is 84.0 cm³/mol. The number of nitrogens with two attached hydrogens (primary N) is 1. The fourth-order valence-corrected chi connectivity index (χ4v) is 3.09. The molecule has 0 bridgehead atoms. The van der Waals surface area contributed by atoms with E-state index in [0.29, 0.717) is 17.1 Å². The highest BCUT2D eigenvalue weighted by Gasteiger charge is 2.22. The maximum atomic E-state index is 12.4. The van der Waals surface area contributed by atoms with Crippen LogP contribution in [0.5, 0.6) is 0 Å². The molecule has 3 N–H and O–H groups in total. The van der Waals surface area contributed by atoms with Gasteiger partial charge >= 0.3 is 0 Å². The summed E-state index contributed by atoms with van der Waals surface area (Å²) in [5, 5.41) is 2.23. The fraction of sp³-hybridized carbons (Fsp3) is 0.533. The Morgan fingerprint density at radius 1 is 1.40 bits per heavy atom. The quantitative estimate of drug-likeness (QED) is 0.599. The smallest absolute Gasteiger partial charge is 0.235 e. The third kappa shape index (κ3) is 4.63. The number of anilines is 1. The molecule has 0 fully saturated rings. The van der Waals surface area contributed by atoms with E-state index < -0.39 is 16.0 Å². The van der Waals surface area contributed by atoms with Crippen molar-refractivity contribution < 1.29 is 9.00 Å². The lowest BCUT2D eigenvalue weighted by atomic mass is 10.2. The first kappa shape index (κ1) is 16.7. The average Bonchev–Trinajstić information content (AvgIpc) is 2.44. The van der Waals surface area contributed by atoms with Crippen LogP contribution in [0.1, 0.15) is 38.7 Å². The molecule has 4 nitrogen and oxygen atoms in total. The molecule has 0 aliphatic carbocycles. The van der Waals surface area contributed by atoms with Crippen molar-refractivity contribution >= 4 is 22.4 Å². The van der Waals surface area contributed by atoms with Gasteiger partial charge in [-0.1, -0.05) is 25.8 Å². The van der Waals surface area contributed by atoms with Gasteiger partial charge in [-0.2, -0.15) is 0 Å². The Balaban J connectivity index is 2.66. The van der Waals surface area contributed by atoms with E-state index in [-0.39, 0.29) is 5.91 Å². The highest BCUT2D eigenvalue weighted by Crippen LogP contribution is 2.20. The van der Waals surface area contributed by atoms with Gasteiger partial charge in [0.2, 0.25) is 5.91 Å². The van der Waals surface area contributed by atoms with E-state index in [0.717, 1.165) is 24.8 Å². The van der Waals surface area contributed by atoms with Crippen LogP contribution < -0.4 is 11.1 Å². The number of hydrogen-bond acceptors (Lipinski definition) is 3. The first-order chi connectivity index (χ1) is 9.47. The minimum absolute atomic E-state index is 0.180. The number of hydrogen-bond donors (Lipinski definition) is 2. The van der Waals surface area contributed by atoms with E-state index in [9.17, 15) is 9.00 Å². The number of aryl methyl sites for hydroxylation is 1. The highest BCUT2D eigenvalue weighted by molar-refractivity contribution is 7.86. The molecule has 20 heavy (non-hydrogen) atoms. The lowest BCUT2D eigenvalue weighted by Gasteiger charge is -2.14. The lowest BCUT2D eigenvalue weighted by molar-refractivity contribution is -0.120. The van der Waals surface area contributed by atoms with Crippen molar-refractivity contribution in [3.05, 3.63) is 23.8 Å². The Bertz CT molecular complexity index is 489. The Morgan fingerprint density at radius 3 is 2.75 bits per heavy atom. The van der Waals surface area contributed by atoms with Crippen molar-refractivity contribution in [1.29, 1.82) is 0 Å².